The van der Waals surface area contributed by atoms with Crippen LogP contribution in [0.4, 0.5) is 0 Å². The SMILES string of the molecule is O=C1NCC2CNCC2C2C=CC=CC12. The summed E-state index contributed by atoms with van der Waals surface area (Å²) in [5, 5.41) is 6.48. The average Bonchev–Trinajstić information content (AvgIpc) is 2.69. The van der Waals surface area contributed by atoms with Crippen molar-refractivity contribution in [3.63, 3.8) is 0 Å². The van der Waals surface area contributed by atoms with Gasteiger partial charge in [0.15, 0.2) is 0 Å². The van der Waals surface area contributed by atoms with E-state index >= 15 is 0 Å². The third kappa shape index (κ3) is 1.42. The van der Waals surface area contributed by atoms with Crippen molar-refractivity contribution >= 4 is 5.91 Å². The topological polar surface area (TPSA) is 41.1 Å². The molecular formula is C12H16N2O. The maximum Gasteiger partial charge on any atom is 0.227 e. The molecule has 2 fully saturated rings. The number of rotatable bonds is 0. The van der Waals surface area contributed by atoms with E-state index in [1.807, 2.05) is 12.2 Å². The molecule has 15 heavy (non-hydrogen) atoms. The lowest BCUT2D eigenvalue weighted by Gasteiger charge is -2.26. The van der Waals surface area contributed by atoms with E-state index in [1.54, 1.807) is 0 Å². The molecule has 4 atom stereocenters. The van der Waals surface area contributed by atoms with Crippen LogP contribution in [-0.4, -0.2) is 25.5 Å². The predicted octanol–water partition coefficient (Wildman–Crippen LogP) is 0.310. The fraction of sp³-hybridized carbons (Fsp3) is 0.583. The zero-order valence-electron chi connectivity index (χ0n) is 8.65. The van der Waals surface area contributed by atoms with Gasteiger partial charge in [-0.2, -0.15) is 0 Å². The fourth-order valence-electron chi connectivity index (χ4n) is 3.07. The first-order valence-electron chi connectivity index (χ1n) is 5.69. The molecule has 3 aliphatic rings. The minimum Gasteiger partial charge on any atom is -0.355 e. The first-order valence-corrected chi connectivity index (χ1v) is 5.69. The van der Waals surface area contributed by atoms with Gasteiger partial charge in [-0.25, -0.2) is 0 Å². The molecule has 0 aromatic rings. The van der Waals surface area contributed by atoms with E-state index in [0.29, 0.717) is 17.8 Å². The Bertz CT molecular complexity index is 335. The largest absolute Gasteiger partial charge is 0.355 e. The van der Waals surface area contributed by atoms with E-state index in [9.17, 15) is 4.79 Å². The van der Waals surface area contributed by atoms with Crippen molar-refractivity contribution in [1.82, 2.24) is 10.6 Å². The first kappa shape index (κ1) is 9.16. The lowest BCUT2D eigenvalue weighted by molar-refractivity contribution is -0.124. The van der Waals surface area contributed by atoms with Crippen LogP contribution in [0.1, 0.15) is 0 Å². The van der Waals surface area contributed by atoms with Crippen molar-refractivity contribution in [3.05, 3.63) is 24.3 Å². The van der Waals surface area contributed by atoms with E-state index in [0.717, 1.165) is 19.6 Å². The standard InChI is InChI=1S/C12H16N2O/c15-12-10-4-2-1-3-9(10)11-7-13-5-8(11)6-14-12/h1-4,8-11,13H,5-7H2,(H,14,15). The van der Waals surface area contributed by atoms with Crippen LogP contribution in [0, 0.1) is 23.7 Å². The van der Waals surface area contributed by atoms with Crippen LogP contribution in [0.2, 0.25) is 0 Å². The number of nitrogens with one attached hydrogen (secondary N) is 2. The molecule has 3 rings (SSSR count). The van der Waals surface area contributed by atoms with Crippen molar-refractivity contribution in [2.45, 2.75) is 0 Å². The molecule has 2 saturated heterocycles. The highest BCUT2D eigenvalue weighted by Crippen LogP contribution is 2.35. The van der Waals surface area contributed by atoms with E-state index in [-0.39, 0.29) is 11.8 Å². The second-order valence-corrected chi connectivity index (χ2v) is 4.70. The van der Waals surface area contributed by atoms with Gasteiger partial charge in [-0.3, -0.25) is 4.79 Å². The molecular weight excluding hydrogens is 188 g/mol. The summed E-state index contributed by atoms with van der Waals surface area (Å²) < 4.78 is 0. The first-order chi connectivity index (χ1) is 7.36. The number of fused-ring (bicyclic) bond motifs is 3. The number of carbonyl (C=O) groups is 1. The molecule has 0 saturated carbocycles. The summed E-state index contributed by atoms with van der Waals surface area (Å²) in [5.41, 5.74) is 0. The molecule has 1 amide bonds. The van der Waals surface area contributed by atoms with Crippen molar-refractivity contribution in [2.24, 2.45) is 23.7 Å². The van der Waals surface area contributed by atoms with Gasteiger partial charge >= 0.3 is 0 Å². The van der Waals surface area contributed by atoms with Crippen LogP contribution in [0.5, 0.6) is 0 Å². The predicted molar refractivity (Wildman–Crippen MR) is 58.1 cm³/mol. The van der Waals surface area contributed by atoms with Gasteiger partial charge in [0.25, 0.3) is 0 Å². The monoisotopic (exact) mass is 204 g/mol. The fourth-order valence-corrected chi connectivity index (χ4v) is 3.07. The van der Waals surface area contributed by atoms with Gasteiger partial charge in [-0.05, 0) is 30.8 Å². The highest BCUT2D eigenvalue weighted by atomic mass is 16.1. The molecule has 2 aliphatic heterocycles. The molecule has 1 aliphatic carbocycles. The third-order valence-corrected chi connectivity index (χ3v) is 3.91. The van der Waals surface area contributed by atoms with Gasteiger partial charge in [-0.15, -0.1) is 0 Å². The Morgan fingerprint density at radius 3 is 2.93 bits per heavy atom. The van der Waals surface area contributed by atoms with Crippen molar-refractivity contribution in [1.29, 1.82) is 0 Å². The Morgan fingerprint density at radius 2 is 2.00 bits per heavy atom. The highest BCUT2D eigenvalue weighted by molar-refractivity contribution is 5.81. The van der Waals surface area contributed by atoms with Gasteiger partial charge in [0.1, 0.15) is 0 Å². The minimum absolute atomic E-state index is 0.0601. The van der Waals surface area contributed by atoms with Crippen LogP contribution in [-0.2, 0) is 4.79 Å². The molecule has 3 nitrogen and oxygen atoms in total. The summed E-state index contributed by atoms with van der Waals surface area (Å²) in [5.74, 6) is 1.90. The summed E-state index contributed by atoms with van der Waals surface area (Å²) >= 11 is 0. The van der Waals surface area contributed by atoms with Crippen LogP contribution < -0.4 is 10.6 Å². The number of amides is 1. The van der Waals surface area contributed by atoms with Crippen LogP contribution >= 0.6 is 0 Å². The molecule has 4 unspecified atom stereocenters. The molecule has 0 aromatic heterocycles. The summed E-state index contributed by atoms with van der Waals surface area (Å²) in [6.45, 7) is 2.94. The number of allylic oxidation sites excluding steroid dienone is 3. The molecule has 2 heterocycles. The molecule has 80 valence electrons. The van der Waals surface area contributed by atoms with E-state index in [2.05, 4.69) is 22.8 Å². The van der Waals surface area contributed by atoms with Crippen molar-refractivity contribution in [3.8, 4) is 0 Å². The Balaban J connectivity index is 1.93. The quantitative estimate of drug-likeness (QED) is 0.596. The molecule has 0 radical (unpaired) electrons. The maximum atomic E-state index is 11.9. The molecule has 0 spiro atoms. The van der Waals surface area contributed by atoms with Crippen LogP contribution in [0.15, 0.2) is 24.3 Å². The van der Waals surface area contributed by atoms with Crippen LogP contribution in [0.3, 0.4) is 0 Å². The molecule has 3 heteroatoms. The molecule has 0 bridgehead atoms. The van der Waals surface area contributed by atoms with Crippen molar-refractivity contribution < 1.29 is 4.79 Å². The smallest absolute Gasteiger partial charge is 0.227 e. The number of hydrogen-bond acceptors (Lipinski definition) is 2. The summed E-state index contributed by atoms with van der Waals surface area (Å²) in [7, 11) is 0. The Labute approximate surface area is 89.6 Å². The summed E-state index contributed by atoms with van der Waals surface area (Å²) in [6.07, 6.45) is 8.32. The Hall–Kier alpha value is -1.09. The van der Waals surface area contributed by atoms with Crippen molar-refractivity contribution in [2.75, 3.05) is 19.6 Å². The lowest BCUT2D eigenvalue weighted by Crippen LogP contribution is -2.33. The van der Waals surface area contributed by atoms with E-state index < -0.39 is 0 Å². The maximum absolute atomic E-state index is 11.9. The van der Waals surface area contributed by atoms with E-state index in [4.69, 9.17) is 0 Å². The van der Waals surface area contributed by atoms with Crippen LogP contribution in [0.25, 0.3) is 0 Å². The second kappa shape index (κ2) is 3.49. The average molecular weight is 204 g/mol. The number of carbonyl (C=O) groups excluding carboxylic acids is 1. The number of hydrogen-bond donors (Lipinski definition) is 2. The highest BCUT2D eigenvalue weighted by Gasteiger charge is 2.41. The Kier molecular flexibility index (Phi) is 2.13. The van der Waals surface area contributed by atoms with Gasteiger partial charge < -0.3 is 10.6 Å². The zero-order chi connectivity index (χ0) is 10.3. The molecule has 0 aromatic carbocycles. The second-order valence-electron chi connectivity index (χ2n) is 4.70. The van der Waals surface area contributed by atoms with Gasteiger partial charge in [-0.1, -0.05) is 24.3 Å². The Morgan fingerprint density at radius 1 is 1.13 bits per heavy atom. The van der Waals surface area contributed by atoms with Gasteiger partial charge in [0.05, 0.1) is 5.92 Å². The zero-order valence-corrected chi connectivity index (χ0v) is 8.65. The normalized spacial score (nSPS) is 43.1. The summed E-state index contributed by atoms with van der Waals surface area (Å²) in [6, 6.07) is 0. The third-order valence-electron chi connectivity index (χ3n) is 3.91. The minimum atomic E-state index is 0.0601. The van der Waals surface area contributed by atoms with Gasteiger partial charge in [0.2, 0.25) is 5.91 Å². The van der Waals surface area contributed by atoms with Gasteiger partial charge in [0, 0.05) is 6.54 Å². The molecule has 2 N–H and O–H groups in total. The lowest BCUT2D eigenvalue weighted by atomic mass is 9.76. The summed E-state index contributed by atoms with van der Waals surface area (Å²) in [4.78, 5) is 11.9. The van der Waals surface area contributed by atoms with E-state index in [1.165, 1.54) is 0 Å².